The van der Waals surface area contributed by atoms with Crippen molar-refractivity contribution < 1.29 is 4.42 Å². The number of hydrogen-bond acceptors (Lipinski definition) is 2. The highest BCUT2D eigenvalue weighted by Gasteiger charge is 2.22. The molecular weight excluding hydrogens is 741 g/mol. The quantitative estimate of drug-likeness (QED) is 0.161. The largest absolute Gasteiger partial charge is 0.455 e. The lowest BCUT2D eigenvalue weighted by Crippen LogP contribution is -2.11. The lowest BCUT2D eigenvalue weighted by atomic mass is 9.97. The highest BCUT2D eigenvalue weighted by atomic mass is 16.3. The summed E-state index contributed by atoms with van der Waals surface area (Å²) < 4.78 is 9.02. The number of anilines is 3. The highest BCUT2D eigenvalue weighted by Crippen LogP contribution is 2.46. The molecule has 0 spiro atoms. The molecule has 12 rings (SSSR count). The van der Waals surface area contributed by atoms with Crippen LogP contribution >= 0.6 is 0 Å². The number of hydrogen-bond donors (Lipinski definition) is 0. The first kappa shape index (κ1) is 34.9. The zero-order chi connectivity index (χ0) is 40.3. The van der Waals surface area contributed by atoms with Crippen LogP contribution in [0, 0.1) is 0 Å². The van der Waals surface area contributed by atoms with Crippen molar-refractivity contribution in [2.45, 2.75) is 0 Å². The van der Waals surface area contributed by atoms with E-state index in [9.17, 15) is 0 Å². The maximum absolute atomic E-state index is 6.61. The molecule has 286 valence electrons. The third-order valence-corrected chi connectivity index (χ3v) is 12.2. The van der Waals surface area contributed by atoms with Crippen molar-refractivity contribution >= 4 is 71.6 Å². The van der Waals surface area contributed by atoms with Gasteiger partial charge in [0.15, 0.2) is 0 Å². The van der Waals surface area contributed by atoms with Crippen LogP contribution in [0.1, 0.15) is 0 Å². The second-order valence-electron chi connectivity index (χ2n) is 15.6. The average Bonchev–Trinajstić information content (AvgIpc) is 3.88. The predicted octanol–water partition coefficient (Wildman–Crippen LogP) is 16.3. The molecule has 0 atom stereocenters. The fourth-order valence-corrected chi connectivity index (χ4v) is 9.43. The van der Waals surface area contributed by atoms with Gasteiger partial charge in [-0.15, -0.1) is 0 Å². The number of nitrogens with zero attached hydrogens (tertiary/aromatic N) is 2. The third-order valence-electron chi connectivity index (χ3n) is 12.2. The third kappa shape index (κ3) is 5.74. The summed E-state index contributed by atoms with van der Waals surface area (Å²) in [6.45, 7) is 0. The van der Waals surface area contributed by atoms with Gasteiger partial charge in [-0.25, -0.2) is 0 Å². The van der Waals surface area contributed by atoms with E-state index in [0.717, 1.165) is 66.9 Å². The highest BCUT2D eigenvalue weighted by molar-refractivity contribution is 6.12. The Morgan fingerprint density at radius 1 is 0.344 bits per heavy atom. The minimum absolute atomic E-state index is 0.892. The van der Waals surface area contributed by atoms with Gasteiger partial charge in [0.2, 0.25) is 0 Å². The number of aromatic nitrogens is 1. The molecule has 0 saturated heterocycles. The molecule has 3 heteroatoms. The van der Waals surface area contributed by atoms with Gasteiger partial charge in [0.1, 0.15) is 11.2 Å². The first-order valence-corrected chi connectivity index (χ1v) is 20.8. The number of para-hydroxylation sites is 6. The predicted molar refractivity (Wildman–Crippen MR) is 257 cm³/mol. The number of benzene rings is 10. The zero-order valence-corrected chi connectivity index (χ0v) is 33.2. The first-order valence-electron chi connectivity index (χ1n) is 20.8. The summed E-state index contributed by atoms with van der Waals surface area (Å²) >= 11 is 0. The van der Waals surface area contributed by atoms with Gasteiger partial charge in [-0.05, 0) is 76.7 Å². The van der Waals surface area contributed by atoms with Gasteiger partial charge < -0.3 is 13.9 Å². The molecule has 0 amide bonds. The van der Waals surface area contributed by atoms with E-state index >= 15 is 0 Å². The first-order chi connectivity index (χ1) is 30.3. The normalized spacial score (nSPS) is 11.6. The maximum Gasteiger partial charge on any atom is 0.143 e. The molecular formula is C58H38N2O. The van der Waals surface area contributed by atoms with Crippen molar-refractivity contribution in [3.8, 4) is 39.1 Å². The fourth-order valence-electron chi connectivity index (χ4n) is 9.43. The molecule has 0 aliphatic carbocycles. The van der Waals surface area contributed by atoms with E-state index in [2.05, 4.69) is 234 Å². The summed E-state index contributed by atoms with van der Waals surface area (Å²) in [7, 11) is 0. The van der Waals surface area contributed by atoms with E-state index in [4.69, 9.17) is 4.42 Å². The van der Waals surface area contributed by atoms with E-state index in [1.165, 1.54) is 43.7 Å². The number of rotatable bonds is 7. The van der Waals surface area contributed by atoms with E-state index in [0.29, 0.717) is 0 Å². The van der Waals surface area contributed by atoms with Crippen LogP contribution in [0.2, 0.25) is 0 Å². The summed E-state index contributed by atoms with van der Waals surface area (Å²) in [5.74, 6) is 0. The summed E-state index contributed by atoms with van der Waals surface area (Å²) in [5, 5.41) is 7.13. The Morgan fingerprint density at radius 2 is 0.902 bits per heavy atom. The molecule has 10 aromatic carbocycles. The molecule has 12 aromatic rings. The molecule has 0 N–H and O–H groups in total. The van der Waals surface area contributed by atoms with Crippen LogP contribution in [0.4, 0.5) is 17.1 Å². The Morgan fingerprint density at radius 3 is 1.72 bits per heavy atom. The van der Waals surface area contributed by atoms with E-state index in [1.54, 1.807) is 0 Å². The van der Waals surface area contributed by atoms with Crippen molar-refractivity contribution in [3.05, 3.63) is 231 Å². The molecule has 0 unspecified atom stereocenters. The van der Waals surface area contributed by atoms with Crippen molar-refractivity contribution in [2.75, 3.05) is 4.90 Å². The van der Waals surface area contributed by atoms with E-state index in [1.807, 2.05) is 6.07 Å². The van der Waals surface area contributed by atoms with Crippen molar-refractivity contribution in [3.63, 3.8) is 0 Å². The lowest BCUT2D eigenvalue weighted by Gasteiger charge is -2.29. The summed E-state index contributed by atoms with van der Waals surface area (Å²) in [6, 6.07) is 82.9. The van der Waals surface area contributed by atoms with Crippen molar-refractivity contribution in [1.82, 2.24) is 4.57 Å². The van der Waals surface area contributed by atoms with Crippen LogP contribution in [0.3, 0.4) is 0 Å². The Labute approximate surface area is 353 Å². The Hall–Kier alpha value is -8.14. The van der Waals surface area contributed by atoms with Gasteiger partial charge in [0, 0.05) is 49.3 Å². The minimum Gasteiger partial charge on any atom is -0.455 e. The fraction of sp³-hybridized carbons (Fsp3) is 0. The zero-order valence-electron chi connectivity index (χ0n) is 33.2. The molecule has 61 heavy (non-hydrogen) atoms. The smallest absolute Gasteiger partial charge is 0.143 e. The van der Waals surface area contributed by atoms with Gasteiger partial charge >= 0.3 is 0 Å². The second-order valence-corrected chi connectivity index (χ2v) is 15.6. The van der Waals surface area contributed by atoms with Gasteiger partial charge in [0.25, 0.3) is 0 Å². The van der Waals surface area contributed by atoms with Crippen LogP contribution in [0.25, 0.3) is 93.6 Å². The van der Waals surface area contributed by atoms with Crippen LogP contribution in [0.15, 0.2) is 235 Å². The topological polar surface area (TPSA) is 21.3 Å². The molecule has 2 aromatic heterocycles. The molecule has 2 heterocycles. The van der Waals surface area contributed by atoms with E-state index in [-0.39, 0.29) is 0 Å². The van der Waals surface area contributed by atoms with Crippen LogP contribution in [-0.2, 0) is 0 Å². The number of furan rings is 1. The van der Waals surface area contributed by atoms with Gasteiger partial charge in [0.05, 0.1) is 28.1 Å². The Balaban J connectivity index is 0.984. The maximum atomic E-state index is 6.61. The summed E-state index contributed by atoms with van der Waals surface area (Å²) in [4.78, 5) is 2.40. The molecule has 0 bridgehead atoms. The SMILES string of the molecule is c1cc(-c2ccc(N(c3ccccc3-c3cccc4c3oc3ccccc34)c3cccc4ccccc34)cc2)cc(-c2ccccc2-n2c3ccccc3c3ccccc32)c1. The molecule has 0 radical (unpaired) electrons. The molecule has 0 fully saturated rings. The minimum atomic E-state index is 0.892. The Bertz CT molecular complexity index is 3550. The van der Waals surface area contributed by atoms with Crippen LogP contribution in [-0.4, -0.2) is 4.57 Å². The monoisotopic (exact) mass is 778 g/mol. The van der Waals surface area contributed by atoms with Gasteiger partial charge in [-0.1, -0.05) is 176 Å². The molecule has 0 aliphatic heterocycles. The van der Waals surface area contributed by atoms with Crippen molar-refractivity contribution in [1.29, 1.82) is 0 Å². The van der Waals surface area contributed by atoms with Gasteiger partial charge in [-0.2, -0.15) is 0 Å². The molecule has 0 saturated carbocycles. The average molecular weight is 779 g/mol. The van der Waals surface area contributed by atoms with Gasteiger partial charge in [-0.3, -0.25) is 0 Å². The summed E-state index contributed by atoms with van der Waals surface area (Å²) in [5.41, 5.74) is 15.4. The second kappa shape index (κ2) is 14.3. The molecule has 3 nitrogen and oxygen atoms in total. The van der Waals surface area contributed by atoms with Crippen LogP contribution < -0.4 is 4.90 Å². The Kier molecular flexibility index (Phi) is 8.17. The molecule has 0 aliphatic rings. The van der Waals surface area contributed by atoms with E-state index < -0.39 is 0 Å². The lowest BCUT2D eigenvalue weighted by molar-refractivity contribution is 0.670. The summed E-state index contributed by atoms with van der Waals surface area (Å²) in [6.07, 6.45) is 0. The number of fused-ring (bicyclic) bond motifs is 7. The van der Waals surface area contributed by atoms with Crippen molar-refractivity contribution in [2.24, 2.45) is 0 Å². The standard InChI is InChI=1S/C58H38N2O/c1-2-20-44-40(16-1)17-14-32-52(44)59(54-29-9-6-24-48(54)50-26-15-27-51-49-25-7-12-33-57(49)61-58(50)51)43-36-34-39(35-37-43)41-18-13-19-42(38-41)45-21-3-8-28-53(45)60-55-30-10-4-22-46(55)47-23-5-11-31-56(47)60/h1-38H. The van der Waals surface area contributed by atoms with Crippen LogP contribution in [0.5, 0.6) is 0 Å².